The van der Waals surface area contributed by atoms with E-state index < -0.39 is 0 Å². The highest BCUT2D eigenvalue weighted by Crippen LogP contribution is 2.17. The smallest absolute Gasteiger partial charge is 0.253 e. The van der Waals surface area contributed by atoms with Crippen LogP contribution in [-0.2, 0) is 0 Å². The van der Waals surface area contributed by atoms with Crippen LogP contribution < -0.4 is 10.6 Å². The van der Waals surface area contributed by atoms with Crippen LogP contribution >= 0.6 is 0 Å². The summed E-state index contributed by atoms with van der Waals surface area (Å²) in [6.45, 7) is 7.90. The Kier molecular flexibility index (Phi) is 3.58. The van der Waals surface area contributed by atoms with Gasteiger partial charge in [-0.15, -0.1) is 0 Å². The SMILES string of the molecule is CNc1ccc(C)cc1C(=O)NC(C)(C)C. The zero-order chi connectivity index (χ0) is 12.3. The van der Waals surface area contributed by atoms with E-state index in [-0.39, 0.29) is 11.4 Å². The standard InChI is InChI=1S/C13H20N2O/c1-9-6-7-11(14-5)10(8-9)12(16)15-13(2,3)4/h6-8,14H,1-5H3,(H,15,16). The Labute approximate surface area is 97.2 Å². The van der Waals surface area contributed by atoms with Gasteiger partial charge in [0, 0.05) is 18.3 Å². The quantitative estimate of drug-likeness (QED) is 0.804. The molecule has 3 nitrogen and oxygen atoms in total. The Balaban J connectivity index is 3.02. The maximum atomic E-state index is 12.0. The largest absolute Gasteiger partial charge is 0.387 e. The third-order valence-corrected chi connectivity index (χ3v) is 2.18. The molecular weight excluding hydrogens is 200 g/mol. The first-order valence-corrected chi connectivity index (χ1v) is 5.44. The molecular formula is C13H20N2O. The molecule has 0 aliphatic heterocycles. The summed E-state index contributed by atoms with van der Waals surface area (Å²) in [6.07, 6.45) is 0. The number of rotatable bonds is 2. The van der Waals surface area contributed by atoms with Crippen molar-refractivity contribution >= 4 is 11.6 Å². The van der Waals surface area contributed by atoms with Crippen molar-refractivity contribution in [2.24, 2.45) is 0 Å². The highest BCUT2D eigenvalue weighted by Gasteiger charge is 2.17. The molecule has 1 aromatic carbocycles. The van der Waals surface area contributed by atoms with E-state index in [0.717, 1.165) is 11.3 Å². The number of aryl methyl sites for hydroxylation is 1. The predicted molar refractivity (Wildman–Crippen MR) is 67.9 cm³/mol. The van der Waals surface area contributed by atoms with Gasteiger partial charge in [-0.3, -0.25) is 4.79 Å². The van der Waals surface area contributed by atoms with Gasteiger partial charge in [0.1, 0.15) is 0 Å². The number of hydrogen-bond donors (Lipinski definition) is 2. The molecule has 0 spiro atoms. The van der Waals surface area contributed by atoms with Gasteiger partial charge in [-0.05, 0) is 39.8 Å². The summed E-state index contributed by atoms with van der Waals surface area (Å²) in [6, 6.07) is 5.81. The second-order valence-corrected chi connectivity index (χ2v) is 5.00. The molecule has 0 aromatic heterocycles. The fraction of sp³-hybridized carbons (Fsp3) is 0.462. The van der Waals surface area contributed by atoms with Crippen molar-refractivity contribution in [3.63, 3.8) is 0 Å². The normalized spacial score (nSPS) is 11.1. The van der Waals surface area contributed by atoms with Crippen molar-refractivity contribution in [3.05, 3.63) is 29.3 Å². The summed E-state index contributed by atoms with van der Waals surface area (Å²) in [5, 5.41) is 5.99. The fourth-order valence-electron chi connectivity index (χ4n) is 1.47. The number of anilines is 1. The van der Waals surface area contributed by atoms with E-state index >= 15 is 0 Å². The van der Waals surface area contributed by atoms with Gasteiger partial charge in [-0.2, -0.15) is 0 Å². The van der Waals surface area contributed by atoms with Crippen molar-refractivity contribution in [1.29, 1.82) is 0 Å². The predicted octanol–water partition coefficient (Wildman–Crippen LogP) is 2.57. The van der Waals surface area contributed by atoms with Gasteiger partial charge in [0.25, 0.3) is 5.91 Å². The topological polar surface area (TPSA) is 41.1 Å². The monoisotopic (exact) mass is 220 g/mol. The number of hydrogen-bond acceptors (Lipinski definition) is 2. The first kappa shape index (κ1) is 12.6. The van der Waals surface area contributed by atoms with Gasteiger partial charge in [0.15, 0.2) is 0 Å². The van der Waals surface area contributed by atoms with Gasteiger partial charge in [-0.1, -0.05) is 11.6 Å². The summed E-state index contributed by atoms with van der Waals surface area (Å²) in [5.41, 5.74) is 2.41. The van der Waals surface area contributed by atoms with Crippen molar-refractivity contribution in [3.8, 4) is 0 Å². The minimum atomic E-state index is -0.216. The summed E-state index contributed by atoms with van der Waals surface area (Å²) in [5.74, 6) is -0.0412. The molecule has 2 N–H and O–H groups in total. The average Bonchev–Trinajstić information content (AvgIpc) is 2.15. The number of benzene rings is 1. The maximum absolute atomic E-state index is 12.0. The Hall–Kier alpha value is -1.51. The minimum Gasteiger partial charge on any atom is -0.387 e. The number of amides is 1. The van der Waals surface area contributed by atoms with Crippen LogP contribution in [0.3, 0.4) is 0 Å². The summed E-state index contributed by atoms with van der Waals surface area (Å²) in [7, 11) is 1.82. The Morgan fingerprint density at radius 1 is 1.25 bits per heavy atom. The molecule has 0 saturated heterocycles. The lowest BCUT2D eigenvalue weighted by Crippen LogP contribution is -2.40. The van der Waals surface area contributed by atoms with E-state index in [4.69, 9.17) is 0 Å². The van der Waals surface area contributed by atoms with Crippen LogP contribution in [0.5, 0.6) is 0 Å². The molecule has 1 rings (SSSR count). The van der Waals surface area contributed by atoms with Crippen molar-refractivity contribution < 1.29 is 4.79 Å². The molecule has 0 aliphatic rings. The van der Waals surface area contributed by atoms with Crippen molar-refractivity contribution in [2.75, 3.05) is 12.4 Å². The van der Waals surface area contributed by atoms with E-state index in [1.807, 2.05) is 52.9 Å². The van der Waals surface area contributed by atoms with Crippen LogP contribution in [0.1, 0.15) is 36.7 Å². The lowest BCUT2D eigenvalue weighted by molar-refractivity contribution is 0.0920. The molecule has 88 valence electrons. The highest BCUT2D eigenvalue weighted by molar-refractivity contribution is 6.00. The summed E-state index contributed by atoms with van der Waals surface area (Å²) < 4.78 is 0. The molecule has 3 heteroatoms. The van der Waals surface area contributed by atoms with Gasteiger partial charge in [0.2, 0.25) is 0 Å². The maximum Gasteiger partial charge on any atom is 0.253 e. The molecule has 0 unspecified atom stereocenters. The molecule has 1 amide bonds. The highest BCUT2D eigenvalue weighted by atomic mass is 16.1. The molecule has 0 atom stereocenters. The van der Waals surface area contributed by atoms with E-state index in [1.165, 1.54) is 0 Å². The lowest BCUT2D eigenvalue weighted by atomic mass is 10.1. The van der Waals surface area contributed by atoms with Crippen LogP contribution in [0.2, 0.25) is 0 Å². The Morgan fingerprint density at radius 2 is 1.88 bits per heavy atom. The molecule has 0 aliphatic carbocycles. The molecule has 0 fully saturated rings. The second-order valence-electron chi connectivity index (χ2n) is 5.00. The van der Waals surface area contributed by atoms with Gasteiger partial charge in [-0.25, -0.2) is 0 Å². The van der Waals surface area contributed by atoms with Gasteiger partial charge < -0.3 is 10.6 Å². The molecule has 16 heavy (non-hydrogen) atoms. The molecule has 0 heterocycles. The summed E-state index contributed by atoms with van der Waals surface area (Å²) >= 11 is 0. The average molecular weight is 220 g/mol. The first-order chi connectivity index (χ1) is 7.33. The zero-order valence-corrected chi connectivity index (χ0v) is 10.6. The molecule has 0 bridgehead atoms. The van der Waals surface area contributed by atoms with E-state index in [1.54, 1.807) is 0 Å². The zero-order valence-electron chi connectivity index (χ0n) is 10.6. The fourth-order valence-corrected chi connectivity index (χ4v) is 1.47. The van der Waals surface area contributed by atoms with Crippen LogP contribution in [0.25, 0.3) is 0 Å². The van der Waals surface area contributed by atoms with Crippen LogP contribution in [-0.4, -0.2) is 18.5 Å². The van der Waals surface area contributed by atoms with Crippen LogP contribution in [0.15, 0.2) is 18.2 Å². The third-order valence-electron chi connectivity index (χ3n) is 2.18. The Bertz CT molecular complexity index is 391. The molecule has 1 aromatic rings. The second kappa shape index (κ2) is 4.56. The lowest BCUT2D eigenvalue weighted by Gasteiger charge is -2.21. The van der Waals surface area contributed by atoms with Gasteiger partial charge in [0.05, 0.1) is 5.56 Å². The number of carbonyl (C=O) groups excluding carboxylic acids is 1. The van der Waals surface area contributed by atoms with Crippen LogP contribution in [0.4, 0.5) is 5.69 Å². The molecule has 0 saturated carbocycles. The van der Waals surface area contributed by atoms with Crippen molar-refractivity contribution in [2.45, 2.75) is 33.2 Å². The third kappa shape index (κ3) is 3.26. The number of nitrogens with one attached hydrogen (secondary N) is 2. The van der Waals surface area contributed by atoms with E-state index in [0.29, 0.717) is 5.56 Å². The summed E-state index contributed by atoms with van der Waals surface area (Å²) in [4.78, 5) is 12.0. The number of carbonyl (C=O) groups is 1. The minimum absolute atomic E-state index is 0.0412. The van der Waals surface area contributed by atoms with Crippen LogP contribution in [0, 0.1) is 6.92 Å². The van der Waals surface area contributed by atoms with Gasteiger partial charge >= 0.3 is 0 Å². The first-order valence-electron chi connectivity index (χ1n) is 5.44. The van der Waals surface area contributed by atoms with E-state index in [2.05, 4.69) is 10.6 Å². The molecule has 0 radical (unpaired) electrons. The van der Waals surface area contributed by atoms with Crippen molar-refractivity contribution in [1.82, 2.24) is 5.32 Å². The van der Waals surface area contributed by atoms with E-state index in [9.17, 15) is 4.79 Å². The Morgan fingerprint density at radius 3 is 2.38 bits per heavy atom.